The highest BCUT2D eigenvalue weighted by Gasteiger charge is 2.49. The molecule has 2 aromatic rings. The fraction of sp³-hybridized carbons (Fsp3) is 0.480. The zero-order valence-electron chi connectivity index (χ0n) is 19.1. The number of aliphatic hydroxyl groups is 1. The molecule has 0 unspecified atom stereocenters. The smallest absolute Gasteiger partial charge is 0.320 e. The molecule has 3 atom stereocenters. The first kappa shape index (κ1) is 22.4. The maximum absolute atomic E-state index is 12.9. The Hall–Kier alpha value is -2.77. The molecule has 0 radical (unpaired) electrons. The van der Waals surface area contributed by atoms with Crippen molar-refractivity contribution >= 4 is 6.03 Å². The van der Waals surface area contributed by atoms with Crippen LogP contribution in [0.1, 0.15) is 17.2 Å². The van der Waals surface area contributed by atoms with E-state index in [9.17, 15) is 4.79 Å². The fourth-order valence-corrected chi connectivity index (χ4v) is 5.06. The van der Waals surface area contributed by atoms with Gasteiger partial charge in [-0.05, 0) is 41.3 Å². The molecule has 2 aromatic carbocycles. The van der Waals surface area contributed by atoms with Crippen LogP contribution in [-0.2, 0) is 6.54 Å². The van der Waals surface area contributed by atoms with Crippen molar-refractivity contribution in [3.8, 4) is 11.5 Å². The average molecular weight is 440 g/mol. The number of hydrogen-bond acceptors (Lipinski definition) is 5. The number of likely N-dealkylation sites (tertiary alicyclic amines) is 2. The van der Waals surface area contributed by atoms with Gasteiger partial charge in [0.1, 0.15) is 18.1 Å². The molecule has 7 heteroatoms. The number of rotatable bonds is 7. The quantitative estimate of drug-likeness (QED) is 0.719. The molecule has 2 fully saturated rings. The van der Waals surface area contributed by atoms with Gasteiger partial charge < -0.3 is 24.4 Å². The number of benzene rings is 2. The lowest BCUT2D eigenvalue weighted by atomic mass is 9.89. The molecule has 7 nitrogen and oxygen atoms in total. The normalized spacial score (nSPS) is 22.6. The van der Waals surface area contributed by atoms with Crippen molar-refractivity contribution in [2.75, 3.05) is 54.1 Å². The molecule has 2 saturated heterocycles. The topological polar surface area (TPSA) is 65.5 Å². The highest BCUT2D eigenvalue weighted by Crippen LogP contribution is 2.45. The van der Waals surface area contributed by atoms with E-state index < -0.39 is 0 Å². The van der Waals surface area contributed by atoms with Crippen LogP contribution in [0.15, 0.2) is 48.5 Å². The van der Waals surface area contributed by atoms with Crippen molar-refractivity contribution in [2.45, 2.75) is 12.6 Å². The van der Waals surface area contributed by atoms with Crippen molar-refractivity contribution in [3.63, 3.8) is 0 Å². The van der Waals surface area contributed by atoms with E-state index in [-0.39, 0.29) is 18.7 Å². The second kappa shape index (κ2) is 9.79. The summed E-state index contributed by atoms with van der Waals surface area (Å²) in [4.78, 5) is 19.2. The van der Waals surface area contributed by atoms with Crippen LogP contribution >= 0.6 is 0 Å². The van der Waals surface area contributed by atoms with E-state index in [2.05, 4.69) is 29.2 Å². The molecule has 2 amide bonds. The van der Waals surface area contributed by atoms with Crippen LogP contribution in [0.25, 0.3) is 0 Å². The maximum Gasteiger partial charge on any atom is 0.320 e. The second-order valence-corrected chi connectivity index (χ2v) is 8.88. The number of carbonyl (C=O) groups is 1. The van der Waals surface area contributed by atoms with E-state index in [1.165, 1.54) is 11.1 Å². The van der Waals surface area contributed by atoms with Gasteiger partial charge in [-0.1, -0.05) is 24.3 Å². The van der Waals surface area contributed by atoms with Crippen molar-refractivity contribution in [3.05, 3.63) is 59.7 Å². The number of methoxy groups -OCH3 is 1. The minimum atomic E-state index is 0.0149. The Labute approximate surface area is 190 Å². The van der Waals surface area contributed by atoms with Crippen LogP contribution in [0.2, 0.25) is 0 Å². The molecule has 0 spiro atoms. The van der Waals surface area contributed by atoms with Crippen LogP contribution in [0.5, 0.6) is 11.5 Å². The summed E-state index contributed by atoms with van der Waals surface area (Å²) in [6, 6.07) is 16.4. The molecule has 0 aliphatic carbocycles. The minimum absolute atomic E-state index is 0.0149. The van der Waals surface area contributed by atoms with Gasteiger partial charge in [0, 0.05) is 46.2 Å². The predicted molar refractivity (Wildman–Crippen MR) is 123 cm³/mol. The first-order valence-corrected chi connectivity index (χ1v) is 11.2. The number of carbonyl (C=O) groups excluding carboxylic acids is 1. The number of nitrogens with zero attached hydrogens (tertiary/aromatic N) is 3. The molecular formula is C25H33N3O4. The summed E-state index contributed by atoms with van der Waals surface area (Å²) in [6.07, 6.45) is 0. The van der Waals surface area contributed by atoms with Gasteiger partial charge in [0.05, 0.1) is 19.8 Å². The van der Waals surface area contributed by atoms with Gasteiger partial charge in [0.2, 0.25) is 0 Å². The van der Waals surface area contributed by atoms with Crippen LogP contribution in [-0.4, -0.2) is 79.9 Å². The summed E-state index contributed by atoms with van der Waals surface area (Å²) >= 11 is 0. The fourth-order valence-electron chi connectivity index (χ4n) is 5.06. The Morgan fingerprint density at radius 2 is 1.72 bits per heavy atom. The van der Waals surface area contributed by atoms with E-state index in [1.807, 2.05) is 43.3 Å². The Kier molecular flexibility index (Phi) is 6.86. The largest absolute Gasteiger partial charge is 0.497 e. The first-order chi connectivity index (χ1) is 15.5. The zero-order chi connectivity index (χ0) is 22.7. The third kappa shape index (κ3) is 4.69. The summed E-state index contributed by atoms with van der Waals surface area (Å²) in [5, 5.41) is 8.90. The van der Waals surface area contributed by atoms with Gasteiger partial charge in [0.15, 0.2) is 0 Å². The van der Waals surface area contributed by atoms with E-state index in [1.54, 1.807) is 12.0 Å². The summed E-state index contributed by atoms with van der Waals surface area (Å²) in [5.41, 5.74) is 2.41. The molecule has 1 N–H and O–H groups in total. The van der Waals surface area contributed by atoms with E-state index in [4.69, 9.17) is 14.6 Å². The Morgan fingerprint density at radius 3 is 2.34 bits per heavy atom. The van der Waals surface area contributed by atoms with Crippen molar-refractivity contribution in [1.29, 1.82) is 0 Å². The number of aliphatic hydroxyl groups excluding tert-OH is 1. The number of fused-ring (bicyclic) bond motifs is 1. The Balaban J connectivity index is 1.48. The number of amides is 2. The first-order valence-electron chi connectivity index (χ1n) is 11.2. The summed E-state index contributed by atoms with van der Waals surface area (Å²) in [5.74, 6) is 2.46. The average Bonchev–Trinajstić information content (AvgIpc) is 3.35. The van der Waals surface area contributed by atoms with E-state index in [0.717, 1.165) is 37.7 Å². The zero-order valence-corrected chi connectivity index (χ0v) is 19.1. The van der Waals surface area contributed by atoms with Crippen molar-refractivity contribution < 1.29 is 19.4 Å². The van der Waals surface area contributed by atoms with Gasteiger partial charge in [-0.15, -0.1) is 0 Å². The molecule has 4 rings (SSSR count). The van der Waals surface area contributed by atoms with E-state index in [0.29, 0.717) is 18.4 Å². The second-order valence-electron chi connectivity index (χ2n) is 8.88. The molecule has 2 heterocycles. The van der Waals surface area contributed by atoms with Gasteiger partial charge in [-0.3, -0.25) is 4.90 Å². The summed E-state index contributed by atoms with van der Waals surface area (Å²) in [7, 11) is 5.31. The van der Waals surface area contributed by atoms with Crippen LogP contribution in [0.4, 0.5) is 4.79 Å². The summed E-state index contributed by atoms with van der Waals surface area (Å²) < 4.78 is 10.8. The molecule has 0 saturated carbocycles. The molecule has 32 heavy (non-hydrogen) atoms. The predicted octanol–water partition coefficient (Wildman–Crippen LogP) is 2.85. The number of hydrogen-bond donors (Lipinski definition) is 1. The van der Waals surface area contributed by atoms with Gasteiger partial charge in [-0.25, -0.2) is 4.79 Å². The van der Waals surface area contributed by atoms with Crippen LogP contribution in [0.3, 0.4) is 0 Å². The van der Waals surface area contributed by atoms with Crippen molar-refractivity contribution in [1.82, 2.24) is 14.7 Å². The third-order valence-corrected chi connectivity index (χ3v) is 6.51. The lowest BCUT2D eigenvalue weighted by Crippen LogP contribution is -2.41. The Bertz CT molecular complexity index is 900. The molecule has 0 aromatic heterocycles. The minimum Gasteiger partial charge on any atom is -0.497 e. The Morgan fingerprint density at radius 1 is 1.03 bits per heavy atom. The summed E-state index contributed by atoms with van der Waals surface area (Å²) in [6.45, 7) is 3.93. The molecular weight excluding hydrogens is 406 g/mol. The van der Waals surface area contributed by atoms with Gasteiger partial charge in [-0.2, -0.15) is 0 Å². The lowest BCUT2D eigenvalue weighted by Gasteiger charge is -2.32. The lowest BCUT2D eigenvalue weighted by molar-refractivity contribution is 0.151. The van der Waals surface area contributed by atoms with Gasteiger partial charge >= 0.3 is 6.03 Å². The van der Waals surface area contributed by atoms with Crippen LogP contribution < -0.4 is 9.47 Å². The number of ether oxygens (including phenoxy) is 2. The highest BCUT2D eigenvalue weighted by atomic mass is 16.5. The molecule has 0 bridgehead atoms. The standard InChI is InChI=1S/C25H33N3O4/c1-26(2)25(30)28-16-20-15-27(14-18-4-8-22(9-5-18)32-13-12-29)17-23(20)24(28)19-6-10-21(31-3)11-7-19/h4-11,20,23-24,29H,12-17H2,1-3H3/t20-,23-,24+/m1/s1. The van der Waals surface area contributed by atoms with E-state index >= 15 is 0 Å². The maximum atomic E-state index is 12.9. The number of urea groups is 1. The SMILES string of the molecule is COc1ccc([C@H]2[C@@H]3CN(Cc4ccc(OCCO)cc4)C[C@@H]3CN2C(=O)N(C)C)cc1. The molecule has 2 aliphatic heterocycles. The molecule has 172 valence electrons. The van der Waals surface area contributed by atoms with Crippen LogP contribution in [0, 0.1) is 11.8 Å². The highest BCUT2D eigenvalue weighted by molar-refractivity contribution is 5.75. The molecule has 2 aliphatic rings. The third-order valence-electron chi connectivity index (χ3n) is 6.51. The van der Waals surface area contributed by atoms with Gasteiger partial charge in [0.25, 0.3) is 0 Å². The monoisotopic (exact) mass is 439 g/mol. The van der Waals surface area contributed by atoms with Crippen molar-refractivity contribution in [2.24, 2.45) is 11.8 Å².